The summed E-state index contributed by atoms with van der Waals surface area (Å²) in [5.74, 6) is 0.389. The van der Waals surface area contributed by atoms with Gasteiger partial charge in [0.1, 0.15) is 0 Å². The number of rotatable bonds is 6. The van der Waals surface area contributed by atoms with Crippen LogP contribution in [0.3, 0.4) is 0 Å². The van der Waals surface area contributed by atoms with Crippen LogP contribution in [0.25, 0.3) is 0 Å². The van der Waals surface area contributed by atoms with Gasteiger partial charge in [-0.25, -0.2) is 4.98 Å². The number of anilines is 1. The summed E-state index contributed by atoms with van der Waals surface area (Å²) < 4.78 is 1.50. The highest BCUT2D eigenvalue weighted by atomic mass is 32.1. The molecule has 0 aromatic carbocycles. The van der Waals surface area contributed by atoms with E-state index in [0.717, 1.165) is 5.56 Å². The van der Waals surface area contributed by atoms with Crippen molar-refractivity contribution in [2.75, 3.05) is 11.4 Å². The average molecular weight is 303 g/mol. The number of nitrogens with two attached hydrogens (primary N) is 1. The number of aromatic nitrogens is 3. The maximum Gasteiger partial charge on any atom is 0.293 e. The molecule has 6 nitrogen and oxygen atoms in total. The summed E-state index contributed by atoms with van der Waals surface area (Å²) in [6.07, 6.45) is 7.23. The second-order valence-corrected chi connectivity index (χ2v) is 5.19. The van der Waals surface area contributed by atoms with Crippen LogP contribution in [-0.2, 0) is 13.6 Å². The van der Waals surface area contributed by atoms with E-state index >= 15 is 0 Å². The molecule has 0 saturated carbocycles. The Balaban J connectivity index is 2.29. The van der Waals surface area contributed by atoms with Crippen molar-refractivity contribution in [2.24, 2.45) is 12.8 Å². The zero-order valence-electron chi connectivity index (χ0n) is 11.8. The highest BCUT2D eigenvalue weighted by Crippen LogP contribution is 2.10. The first-order valence-corrected chi connectivity index (χ1v) is 6.92. The molecule has 110 valence electrons. The third-order valence-corrected chi connectivity index (χ3v) is 3.23. The van der Waals surface area contributed by atoms with E-state index in [2.05, 4.69) is 9.97 Å². The van der Waals surface area contributed by atoms with E-state index in [1.807, 2.05) is 17.0 Å². The van der Waals surface area contributed by atoms with Gasteiger partial charge < -0.3 is 15.2 Å². The second kappa shape index (κ2) is 6.94. The van der Waals surface area contributed by atoms with Gasteiger partial charge in [0.15, 0.2) is 5.82 Å². The van der Waals surface area contributed by atoms with Gasteiger partial charge in [0.2, 0.25) is 0 Å². The van der Waals surface area contributed by atoms with Crippen LogP contribution in [0, 0.1) is 0 Å². The number of aryl methyl sites for hydroxylation is 1. The number of thiocarbonyl (C=S) groups is 1. The molecule has 2 N–H and O–H groups in total. The Morgan fingerprint density at radius 2 is 2.29 bits per heavy atom. The van der Waals surface area contributed by atoms with Crippen LogP contribution in [-0.4, -0.2) is 26.1 Å². The van der Waals surface area contributed by atoms with Crippen molar-refractivity contribution in [1.29, 1.82) is 0 Å². The smallest absolute Gasteiger partial charge is 0.293 e. The summed E-state index contributed by atoms with van der Waals surface area (Å²) in [5.41, 5.74) is 6.41. The van der Waals surface area contributed by atoms with Crippen LogP contribution in [0.5, 0.6) is 0 Å². The fraction of sp³-hybridized carbons (Fsp3) is 0.286. The van der Waals surface area contributed by atoms with Crippen molar-refractivity contribution in [3.8, 4) is 0 Å². The first-order chi connectivity index (χ1) is 10.1. The van der Waals surface area contributed by atoms with Gasteiger partial charge >= 0.3 is 0 Å². The number of pyridine rings is 1. The standard InChI is InChI=1S/C14H17N5OS/c1-18-8-6-17-13(14(18)20)19(7-4-12(15)21)10-11-3-2-5-16-9-11/h2-3,5-6,8-9H,4,7,10H2,1H3,(H2,15,21). The molecule has 0 bridgehead atoms. The molecule has 0 saturated heterocycles. The Morgan fingerprint density at radius 3 is 2.95 bits per heavy atom. The number of hydrogen-bond acceptors (Lipinski definition) is 5. The van der Waals surface area contributed by atoms with Crippen molar-refractivity contribution in [3.63, 3.8) is 0 Å². The molecular weight excluding hydrogens is 286 g/mol. The van der Waals surface area contributed by atoms with Gasteiger partial charge in [-0.2, -0.15) is 0 Å². The van der Waals surface area contributed by atoms with Crippen LogP contribution >= 0.6 is 12.2 Å². The fourth-order valence-corrected chi connectivity index (χ4v) is 2.01. The molecule has 0 amide bonds. The van der Waals surface area contributed by atoms with Crippen molar-refractivity contribution in [2.45, 2.75) is 13.0 Å². The molecule has 21 heavy (non-hydrogen) atoms. The molecule has 7 heteroatoms. The predicted octanol–water partition coefficient (Wildman–Crippen LogP) is 0.858. The topological polar surface area (TPSA) is 77.0 Å². The fourth-order valence-electron chi connectivity index (χ4n) is 1.92. The Morgan fingerprint density at radius 1 is 1.48 bits per heavy atom. The molecule has 0 aliphatic carbocycles. The molecule has 0 unspecified atom stereocenters. The van der Waals surface area contributed by atoms with Gasteiger partial charge in [-0.1, -0.05) is 18.3 Å². The minimum absolute atomic E-state index is 0.149. The largest absolute Gasteiger partial charge is 0.393 e. The third-order valence-electron chi connectivity index (χ3n) is 3.02. The summed E-state index contributed by atoms with van der Waals surface area (Å²) in [6.45, 7) is 1.07. The Bertz CT molecular complexity index is 671. The van der Waals surface area contributed by atoms with Gasteiger partial charge in [-0.05, 0) is 11.6 Å². The summed E-state index contributed by atoms with van der Waals surface area (Å²) in [6, 6.07) is 3.81. The van der Waals surface area contributed by atoms with Crippen LogP contribution in [0.4, 0.5) is 5.82 Å². The quantitative estimate of drug-likeness (QED) is 0.798. The normalized spacial score (nSPS) is 10.3. The van der Waals surface area contributed by atoms with E-state index in [1.54, 1.807) is 31.8 Å². The first-order valence-electron chi connectivity index (χ1n) is 6.51. The van der Waals surface area contributed by atoms with Crippen LogP contribution < -0.4 is 16.2 Å². The van der Waals surface area contributed by atoms with Gasteiger partial charge in [0.05, 0.1) is 4.99 Å². The molecule has 0 aliphatic heterocycles. The van der Waals surface area contributed by atoms with Crippen LogP contribution in [0.15, 0.2) is 41.7 Å². The molecular formula is C14H17N5OS. The lowest BCUT2D eigenvalue weighted by Crippen LogP contribution is -2.34. The number of nitrogens with zero attached hydrogens (tertiary/aromatic N) is 4. The van der Waals surface area contributed by atoms with Crippen LogP contribution in [0.2, 0.25) is 0 Å². The Kier molecular flexibility index (Phi) is 4.99. The summed E-state index contributed by atoms with van der Waals surface area (Å²) >= 11 is 4.92. The van der Waals surface area contributed by atoms with Crippen molar-refractivity contribution in [3.05, 3.63) is 52.8 Å². The monoisotopic (exact) mass is 303 g/mol. The lowest BCUT2D eigenvalue weighted by atomic mass is 10.2. The molecule has 0 spiro atoms. The summed E-state index contributed by atoms with van der Waals surface area (Å²) in [4.78, 5) is 22.8. The highest BCUT2D eigenvalue weighted by molar-refractivity contribution is 7.80. The van der Waals surface area contributed by atoms with E-state index in [0.29, 0.717) is 30.3 Å². The van der Waals surface area contributed by atoms with Crippen LogP contribution in [0.1, 0.15) is 12.0 Å². The molecule has 0 fully saturated rings. The maximum absolute atomic E-state index is 12.2. The Hall–Kier alpha value is -2.28. The summed E-state index contributed by atoms with van der Waals surface area (Å²) in [5, 5.41) is 0. The maximum atomic E-state index is 12.2. The van der Waals surface area contributed by atoms with Gasteiger partial charge in [0, 0.05) is 51.3 Å². The van der Waals surface area contributed by atoms with Crippen molar-refractivity contribution in [1.82, 2.24) is 14.5 Å². The molecule has 2 aromatic heterocycles. The van der Waals surface area contributed by atoms with E-state index in [1.165, 1.54) is 4.57 Å². The second-order valence-electron chi connectivity index (χ2n) is 4.67. The molecule has 0 atom stereocenters. The molecule has 0 radical (unpaired) electrons. The summed E-state index contributed by atoms with van der Waals surface area (Å²) in [7, 11) is 1.70. The molecule has 2 heterocycles. The average Bonchev–Trinajstić information content (AvgIpc) is 2.47. The zero-order valence-corrected chi connectivity index (χ0v) is 12.6. The van der Waals surface area contributed by atoms with E-state index in [9.17, 15) is 4.79 Å². The highest BCUT2D eigenvalue weighted by Gasteiger charge is 2.14. The molecule has 2 aromatic rings. The lowest BCUT2D eigenvalue weighted by molar-refractivity contribution is 0.751. The minimum atomic E-state index is -0.149. The lowest BCUT2D eigenvalue weighted by Gasteiger charge is -2.23. The van der Waals surface area contributed by atoms with Gasteiger partial charge in [-0.3, -0.25) is 9.78 Å². The Labute approximate surface area is 128 Å². The van der Waals surface area contributed by atoms with Gasteiger partial charge in [-0.15, -0.1) is 0 Å². The minimum Gasteiger partial charge on any atom is -0.393 e. The third kappa shape index (κ3) is 4.09. The SMILES string of the molecule is Cn1ccnc(N(CCC(N)=S)Cc2cccnc2)c1=O. The number of hydrogen-bond donors (Lipinski definition) is 1. The van der Waals surface area contributed by atoms with Crippen molar-refractivity contribution < 1.29 is 0 Å². The zero-order chi connectivity index (χ0) is 15.2. The predicted molar refractivity (Wildman–Crippen MR) is 86.2 cm³/mol. The van der Waals surface area contributed by atoms with E-state index < -0.39 is 0 Å². The molecule has 0 aliphatic rings. The molecule has 2 rings (SSSR count). The van der Waals surface area contributed by atoms with E-state index in [-0.39, 0.29) is 5.56 Å². The van der Waals surface area contributed by atoms with Gasteiger partial charge in [0.25, 0.3) is 5.56 Å². The van der Waals surface area contributed by atoms with E-state index in [4.69, 9.17) is 18.0 Å². The first kappa shape index (κ1) is 15.1. The van der Waals surface area contributed by atoms with Crippen molar-refractivity contribution >= 4 is 23.0 Å².